The Hall–Kier alpha value is -4.31. The minimum Gasteiger partial charge on any atom is -0.463 e. The second kappa shape index (κ2) is 69.6. The number of unbranched alkanes of at least 4 members (excludes halogenated alkanes) is 23. The molecule has 0 aliphatic heterocycles. The zero-order valence-electron chi connectivity index (χ0n) is 59.0. The predicted molar refractivity (Wildman–Crippen MR) is 390 cm³/mol. The van der Waals surface area contributed by atoms with Crippen LogP contribution in [0.5, 0.6) is 0 Å². The molecule has 5 atom stereocenters. The van der Waals surface area contributed by atoms with Gasteiger partial charge in [-0.2, -0.15) is 0 Å². The molecule has 0 aliphatic rings. The van der Waals surface area contributed by atoms with Gasteiger partial charge in [0.2, 0.25) is 0 Å². The normalized spacial score (nSPS) is 14.9. The zero-order valence-corrected chi connectivity index (χ0v) is 60.8. The highest BCUT2D eigenvalue weighted by Gasteiger charge is 2.29. The van der Waals surface area contributed by atoms with Gasteiger partial charge < -0.3 is 34.2 Å². The minimum absolute atomic E-state index is 0.0830. The summed E-state index contributed by atoms with van der Waals surface area (Å²) in [7, 11) is -9.80. The topological polar surface area (TPSA) is 231 Å². The van der Waals surface area contributed by atoms with Crippen LogP contribution in [0.1, 0.15) is 278 Å². The summed E-state index contributed by atoms with van der Waals surface area (Å²) < 4.78 is 61.0. The lowest BCUT2D eigenvalue weighted by atomic mass is 10.1. The Morgan fingerprint density at radius 2 is 0.558 bits per heavy atom. The van der Waals surface area contributed by atoms with Crippen LogP contribution in [0.3, 0.4) is 0 Å². The van der Waals surface area contributed by atoms with Crippen molar-refractivity contribution in [3.05, 3.63) is 134 Å². The van der Waals surface area contributed by atoms with E-state index in [1.54, 1.807) is 0 Å². The Balaban J connectivity index is 4.75. The van der Waals surface area contributed by atoms with Crippen LogP contribution in [0.4, 0.5) is 0 Å². The van der Waals surface area contributed by atoms with E-state index in [1.165, 1.54) is 38.5 Å². The summed E-state index contributed by atoms with van der Waals surface area (Å²) in [6, 6.07) is 0. The fourth-order valence-corrected chi connectivity index (χ4v) is 10.8. The van der Waals surface area contributed by atoms with Crippen LogP contribution in [-0.4, -0.2) is 95.9 Å². The molecule has 4 N–H and O–H groups in total. The Kier molecular flexibility index (Phi) is 66.4. The van der Waals surface area contributed by atoms with Gasteiger partial charge in [-0.1, -0.05) is 251 Å². The first-order chi connectivity index (χ1) is 46.2. The number of carbonyl (C=O) groups excluding carboxylic acids is 3. The number of esters is 3. The van der Waals surface area contributed by atoms with Crippen molar-refractivity contribution in [3.8, 4) is 0 Å². The number of phosphoric ester groups is 2. The fourth-order valence-electron chi connectivity index (χ4n) is 9.26. The van der Waals surface area contributed by atoms with Crippen LogP contribution in [0.25, 0.3) is 0 Å². The van der Waals surface area contributed by atoms with E-state index in [9.17, 15) is 43.5 Å². The highest BCUT2D eigenvalue weighted by molar-refractivity contribution is 7.47. The summed E-state index contributed by atoms with van der Waals surface area (Å²) >= 11 is 0. The second-order valence-electron chi connectivity index (χ2n) is 24.0. The number of aliphatic hydroxyl groups is 2. The standard InChI is InChI=1S/C77H130O16P2/c1-4-7-10-13-16-19-22-25-28-31-34-35-38-40-42-45-48-51-54-57-60-63-75(80)87-66-72(78)67-89-94(83,84)90-68-73(79)69-91-95(85,86)92-71-74(93-77(82)65-62-59-56-53-50-47-44-41-37-33-30-27-24-21-18-15-12-9-6-3)70-88-76(81)64-61-58-55-52-49-46-43-39-36-32-29-26-23-20-17-14-11-8-5-2/h7,10,16-21,25-30,34-37,39-42,72-74,78-79H,4-6,8-9,11-15,22-24,31-33,38,43-71H2,1-3H3,(H,83,84)(H,85,86)/b10-7-,19-16-,20-17-,21-18-,28-25-,29-26-,30-27-,35-34-,39-36-,41-37-,42-40-. The van der Waals surface area contributed by atoms with Crippen molar-refractivity contribution < 1.29 is 75.8 Å². The van der Waals surface area contributed by atoms with E-state index < -0.39 is 91.5 Å². The molecule has 0 rings (SSSR count). The van der Waals surface area contributed by atoms with Crippen molar-refractivity contribution in [2.75, 3.05) is 39.6 Å². The Labute approximate surface area is 575 Å². The Bertz CT molecular complexity index is 2260. The molecule has 95 heavy (non-hydrogen) atoms. The molecule has 16 nitrogen and oxygen atoms in total. The molecule has 0 aromatic rings. The van der Waals surface area contributed by atoms with Crippen molar-refractivity contribution in [1.82, 2.24) is 0 Å². The average Bonchev–Trinajstić information content (AvgIpc) is 1.70. The minimum atomic E-state index is -4.94. The number of phosphoric acid groups is 2. The Morgan fingerprint density at radius 3 is 0.884 bits per heavy atom. The highest BCUT2D eigenvalue weighted by atomic mass is 31.2. The van der Waals surface area contributed by atoms with Crippen LogP contribution in [-0.2, 0) is 55.8 Å². The van der Waals surface area contributed by atoms with E-state index in [4.69, 9.17) is 32.3 Å². The lowest BCUT2D eigenvalue weighted by molar-refractivity contribution is -0.161. The molecule has 544 valence electrons. The second-order valence-corrected chi connectivity index (χ2v) is 26.9. The van der Waals surface area contributed by atoms with E-state index in [-0.39, 0.29) is 19.3 Å². The third kappa shape index (κ3) is 70.8. The molecule has 0 amide bonds. The molecule has 5 unspecified atom stereocenters. The molecule has 0 aliphatic carbocycles. The molecule has 0 saturated heterocycles. The molecule has 0 saturated carbocycles. The van der Waals surface area contributed by atoms with Crippen LogP contribution in [0, 0.1) is 0 Å². The monoisotopic (exact) mass is 1370 g/mol. The lowest BCUT2D eigenvalue weighted by Crippen LogP contribution is -2.30. The highest BCUT2D eigenvalue weighted by Crippen LogP contribution is 2.45. The van der Waals surface area contributed by atoms with Gasteiger partial charge in [0.05, 0.1) is 26.4 Å². The van der Waals surface area contributed by atoms with Gasteiger partial charge >= 0.3 is 33.6 Å². The van der Waals surface area contributed by atoms with Gasteiger partial charge in [-0.25, -0.2) is 9.13 Å². The van der Waals surface area contributed by atoms with Crippen molar-refractivity contribution in [3.63, 3.8) is 0 Å². The van der Waals surface area contributed by atoms with Gasteiger partial charge in [0, 0.05) is 19.3 Å². The summed E-state index contributed by atoms with van der Waals surface area (Å²) in [4.78, 5) is 58.6. The van der Waals surface area contributed by atoms with Crippen molar-refractivity contribution in [1.29, 1.82) is 0 Å². The fraction of sp³-hybridized carbons (Fsp3) is 0.675. The summed E-state index contributed by atoms with van der Waals surface area (Å²) in [5.41, 5.74) is 0. The van der Waals surface area contributed by atoms with Gasteiger partial charge in [-0.3, -0.25) is 32.5 Å². The number of allylic oxidation sites excluding steroid dienone is 22. The third-order valence-electron chi connectivity index (χ3n) is 14.8. The van der Waals surface area contributed by atoms with Crippen LogP contribution >= 0.6 is 15.6 Å². The Morgan fingerprint density at radius 1 is 0.305 bits per heavy atom. The summed E-state index contributed by atoms with van der Waals surface area (Å²) in [6.07, 6.45) is 81.9. The lowest BCUT2D eigenvalue weighted by Gasteiger charge is -2.21. The van der Waals surface area contributed by atoms with Crippen molar-refractivity contribution in [2.24, 2.45) is 0 Å². The molecule has 0 aromatic heterocycles. The molecule has 0 radical (unpaired) electrons. The molecule has 0 heterocycles. The van der Waals surface area contributed by atoms with Crippen LogP contribution < -0.4 is 0 Å². The third-order valence-corrected chi connectivity index (χ3v) is 16.7. The molecule has 18 heteroatoms. The maximum absolute atomic E-state index is 13.0. The van der Waals surface area contributed by atoms with E-state index >= 15 is 0 Å². The number of hydrogen-bond donors (Lipinski definition) is 4. The van der Waals surface area contributed by atoms with Gasteiger partial charge in [-0.05, 0) is 141 Å². The van der Waals surface area contributed by atoms with Crippen molar-refractivity contribution >= 4 is 33.6 Å². The maximum atomic E-state index is 13.0. The quantitative estimate of drug-likeness (QED) is 0.0146. The smallest absolute Gasteiger partial charge is 0.463 e. The summed E-state index contributed by atoms with van der Waals surface area (Å²) in [5.74, 6) is -1.62. The number of rotatable bonds is 68. The zero-order chi connectivity index (χ0) is 69.5. The van der Waals surface area contributed by atoms with Gasteiger partial charge in [0.15, 0.2) is 6.10 Å². The van der Waals surface area contributed by atoms with Gasteiger partial charge in [0.25, 0.3) is 0 Å². The van der Waals surface area contributed by atoms with E-state index in [0.29, 0.717) is 19.3 Å². The molecule has 0 spiro atoms. The molecule has 0 aromatic carbocycles. The summed E-state index contributed by atoms with van der Waals surface area (Å²) in [6.45, 7) is 2.45. The molecular weight excluding hydrogens is 1240 g/mol. The number of aliphatic hydroxyl groups excluding tert-OH is 2. The first kappa shape index (κ1) is 90.7. The molecule has 0 bridgehead atoms. The first-order valence-corrected chi connectivity index (χ1v) is 39.5. The number of ether oxygens (including phenoxy) is 3. The average molecular weight is 1370 g/mol. The predicted octanol–water partition coefficient (Wildman–Crippen LogP) is 20.8. The summed E-state index contributed by atoms with van der Waals surface area (Å²) in [5, 5.41) is 20.6. The number of carbonyl (C=O) groups is 3. The maximum Gasteiger partial charge on any atom is 0.472 e. The van der Waals surface area contributed by atoms with E-state index in [1.807, 2.05) is 0 Å². The number of hydrogen-bond acceptors (Lipinski definition) is 14. The SMILES string of the molecule is CC/C=C\C/C=C\C/C=C\C/C=C\C/C=C\CCCCCCCC(=O)OCC(O)COP(=O)(O)OCC(O)COP(=O)(O)OCC(COC(=O)CCCCCCCC/C=C\C/C=C\C/C=C\CCCCC)OC(=O)CCCCCCCC/C=C\C/C=C\C/C=C\CCCCC. The van der Waals surface area contributed by atoms with Crippen LogP contribution in [0.2, 0.25) is 0 Å². The first-order valence-electron chi connectivity index (χ1n) is 36.5. The molecular formula is C77H130O16P2. The van der Waals surface area contributed by atoms with Crippen molar-refractivity contribution in [2.45, 2.75) is 296 Å². The molecule has 0 fully saturated rings. The van der Waals surface area contributed by atoms with Gasteiger partial charge in [-0.15, -0.1) is 0 Å². The van der Waals surface area contributed by atoms with E-state index in [0.717, 1.165) is 180 Å². The van der Waals surface area contributed by atoms with Gasteiger partial charge in [0.1, 0.15) is 25.4 Å². The van der Waals surface area contributed by atoms with Crippen LogP contribution in [0.15, 0.2) is 134 Å². The van der Waals surface area contributed by atoms with E-state index in [2.05, 4.69) is 154 Å². The largest absolute Gasteiger partial charge is 0.472 e.